The predicted molar refractivity (Wildman–Crippen MR) is 79.1 cm³/mol. The molecular formula is C13H16BrN5O. The van der Waals surface area contributed by atoms with Gasteiger partial charge in [0.25, 0.3) is 5.91 Å². The molecule has 3 N–H and O–H groups in total. The van der Waals surface area contributed by atoms with Crippen molar-refractivity contribution < 1.29 is 4.79 Å². The molecule has 20 heavy (non-hydrogen) atoms. The van der Waals surface area contributed by atoms with E-state index in [-0.39, 0.29) is 11.9 Å². The summed E-state index contributed by atoms with van der Waals surface area (Å²) in [6.45, 7) is 2.92. The minimum Gasteiger partial charge on any atom is -0.344 e. The molecule has 0 bridgehead atoms. The largest absolute Gasteiger partial charge is 0.344 e. The van der Waals surface area contributed by atoms with E-state index < -0.39 is 0 Å². The summed E-state index contributed by atoms with van der Waals surface area (Å²) in [4.78, 5) is 12.1. The molecule has 0 aliphatic heterocycles. The number of nitrogens with two attached hydrogens (primary N) is 1. The van der Waals surface area contributed by atoms with Gasteiger partial charge in [-0.25, -0.2) is 0 Å². The normalized spacial score (nSPS) is 12.2. The summed E-state index contributed by atoms with van der Waals surface area (Å²) in [7, 11) is 0. The number of rotatable bonds is 5. The molecule has 2 rings (SSSR count). The average Bonchev–Trinajstić information content (AvgIpc) is 2.88. The first-order chi connectivity index (χ1) is 9.60. The fourth-order valence-electron chi connectivity index (χ4n) is 1.77. The van der Waals surface area contributed by atoms with E-state index in [0.717, 1.165) is 10.0 Å². The molecule has 0 aliphatic rings. The molecule has 0 saturated carbocycles. The van der Waals surface area contributed by atoms with Gasteiger partial charge in [-0.2, -0.15) is 0 Å². The predicted octanol–water partition coefficient (Wildman–Crippen LogP) is 1.49. The van der Waals surface area contributed by atoms with Crippen LogP contribution in [0.3, 0.4) is 0 Å². The third kappa shape index (κ3) is 3.64. The first-order valence-corrected chi connectivity index (χ1v) is 7.06. The minimum absolute atomic E-state index is 0.111. The molecule has 0 unspecified atom stereocenters. The third-order valence-corrected chi connectivity index (χ3v) is 3.32. The van der Waals surface area contributed by atoms with E-state index in [9.17, 15) is 4.79 Å². The van der Waals surface area contributed by atoms with Gasteiger partial charge in [-0.05, 0) is 24.6 Å². The van der Waals surface area contributed by atoms with Gasteiger partial charge in [0.05, 0.1) is 18.8 Å². The lowest BCUT2D eigenvalue weighted by molar-refractivity contribution is 0.0934. The lowest BCUT2D eigenvalue weighted by Gasteiger charge is -2.13. The second-order valence-corrected chi connectivity index (χ2v) is 5.32. The molecule has 6 nitrogen and oxygen atoms in total. The summed E-state index contributed by atoms with van der Waals surface area (Å²) >= 11 is 3.41. The average molecular weight is 338 g/mol. The summed E-state index contributed by atoms with van der Waals surface area (Å²) in [6.07, 6.45) is 1.59. The van der Waals surface area contributed by atoms with Crippen LogP contribution in [-0.2, 0) is 6.54 Å². The Balaban J connectivity index is 2.03. The Labute approximate surface area is 125 Å². The molecule has 1 atom stereocenters. The highest BCUT2D eigenvalue weighted by molar-refractivity contribution is 9.10. The maximum atomic E-state index is 12.1. The summed E-state index contributed by atoms with van der Waals surface area (Å²) in [6, 6.07) is 7.69. The number of nitrogens with zero attached hydrogens (tertiary/aromatic N) is 3. The molecule has 2 aromatic rings. The Morgan fingerprint density at radius 1 is 1.55 bits per heavy atom. The Kier molecular flexibility index (Phi) is 4.86. The zero-order chi connectivity index (χ0) is 14.5. The van der Waals surface area contributed by atoms with Crippen LogP contribution in [0.4, 0.5) is 0 Å². The zero-order valence-electron chi connectivity index (χ0n) is 11.1. The monoisotopic (exact) mass is 337 g/mol. The number of carbonyl (C=O) groups is 1. The highest BCUT2D eigenvalue weighted by atomic mass is 79.9. The first-order valence-electron chi connectivity index (χ1n) is 6.26. The van der Waals surface area contributed by atoms with Crippen molar-refractivity contribution in [3.8, 4) is 0 Å². The molecule has 106 valence electrons. The van der Waals surface area contributed by atoms with Gasteiger partial charge >= 0.3 is 0 Å². The Morgan fingerprint density at radius 3 is 3.05 bits per heavy atom. The van der Waals surface area contributed by atoms with Crippen LogP contribution in [0.5, 0.6) is 0 Å². The van der Waals surface area contributed by atoms with Crippen LogP contribution in [-0.4, -0.2) is 27.4 Å². The Morgan fingerprint density at radius 2 is 2.35 bits per heavy atom. The molecule has 0 radical (unpaired) electrons. The summed E-state index contributed by atoms with van der Waals surface area (Å²) in [5.74, 6) is -0.249. The van der Waals surface area contributed by atoms with Crippen LogP contribution in [0.15, 0.2) is 34.9 Å². The number of amides is 1. The first kappa shape index (κ1) is 14.7. The van der Waals surface area contributed by atoms with Gasteiger partial charge in [0.15, 0.2) is 5.69 Å². The Bertz CT molecular complexity index is 598. The van der Waals surface area contributed by atoms with Crippen LogP contribution >= 0.6 is 15.9 Å². The summed E-state index contributed by atoms with van der Waals surface area (Å²) in [5, 5.41) is 10.6. The van der Waals surface area contributed by atoms with Gasteiger partial charge in [-0.1, -0.05) is 33.3 Å². The lowest BCUT2D eigenvalue weighted by atomic mass is 10.1. The maximum Gasteiger partial charge on any atom is 0.273 e. The number of aromatic nitrogens is 3. The van der Waals surface area contributed by atoms with Crippen LogP contribution in [0.25, 0.3) is 0 Å². The summed E-state index contributed by atoms with van der Waals surface area (Å²) in [5.41, 5.74) is 6.73. The molecule has 1 amide bonds. The highest BCUT2D eigenvalue weighted by Crippen LogP contribution is 2.18. The quantitative estimate of drug-likeness (QED) is 0.865. The molecular weight excluding hydrogens is 322 g/mol. The topological polar surface area (TPSA) is 85.8 Å². The Hall–Kier alpha value is -1.73. The second-order valence-electron chi connectivity index (χ2n) is 4.41. The summed E-state index contributed by atoms with van der Waals surface area (Å²) < 4.78 is 2.53. The van der Waals surface area contributed by atoms with Crippen LogP contribution in [0.1, 0.15) is 29.0 Å². The molecule has 0 saturated heterocycles. The zero-order valence-corrected chi connectivity index (χ0v) is 12.7. The van der Waals surface area contributed by atoms with Gasteiger partial charge < -0.3 is 11.1 Å². The van der Waals surface area contributed by atoms with Crippen molar-refractivity contribution >= 4 is 21.8 Å². The van der Waals surface area contributed by atoms with Gasteiger partial charge in [0, 0.05) is 11.0 Å². The lowest BCUT2D eigenvalue weighted by Crippen LogP contribution is -2.27. The fourth-order valence-corrected chi connectivity index (χ4v) is 2.19. The molecule has 0 spiro atoms. The molecule has 0 fully saturated rings. The van der Waals surface area contributed by atoms with E-state index in [1.54, 1.807) is 10.9 Å². The van der Waals surface area contributed by atoms with Crippen LogP contribution < -0.4 is 11.1 Å². The van der Waals surface area contributed by atoms with E-state index in [1.807, 2.05) is 31.2 Å². The van der Waals surface area contributed by atoms with Gasteiger partial charge in [-0.15, -0.1) is 5.10 Å². The van der Waals surface area contributed by atoms with Crippen molar-refractivity contribution in [2.75, 3.05) is 6.54 Å². The van der Waals surface area contributed by atoms with Crippen molar-refractivity contribution in [2.45, 2.75) is 19.5 Å². The smallest absolute Gasteiger partial charge is 0.273 e. The number of carbonyl (C=O) groups excluding carboxylic acids is 1. The molecule has 1 aromatic heterocycles. The van der Waals surface area contributed by atoms with Crippen molar-refractivity contribution in [2.24, 2.45) is 5.73 Å². The molecule has 0 aliphatic carbocycles. The van der Waals surface area contributed by atoms with E-state index in [1.165, 1.54) is 0 Å². The van der Waals surface area contributed by atoms with Gasteiger partial charge in [-0.3, -0.25) is 9.48 Å². The fraction of sp³-hybridized carbons (Fsp3) is 0.308. The molecule has 1 heterocycles. The number of benzene rings is 1. The molecule has 7 heteroatoms. The maximum absolute atomic E-state index is 12.1. The van der Waals surface area contributed by atoms with Crippen LogP contribution in [0.2, 0.25) is 0 Å². The third-order valence-electron chi connectivity index (χ3n) is 2.83. The number of hydrogen-bond donors (Lipinski definition) is 2. The van der Waals surface area contributed by atoms with E-state index >= 15 is 0 Å². The van der Waals surface area contributed by atoms with Crippen molar-refractivity contribution in [3.05, 3.63) is 46.2 Å². The number of hydrogen-bond acceptors (Lipinski definition) is 4. The SMILES string of the molecule is C[C@H](NC(=O)c1cn(CCN)nn1)c1cccc(Br)c1. The van der Waals surface area contributed by atoms with Gasteiger partial charge in [0.1, 0.15) is 0 Å². The van der Waals surface area contributed by atoms with E-state index in [2.05, 4.69) is 31.6 Å². The van der Waals surface area contributed by atoms with E-state index in [4.69, 9.17) is 5.73 Å². The minimum atomic E-state index is -0.249. The van der Waals surface area contributed by atoms with Crippen molar-refractivity contribution in [1.82, 2.24) is 20.3 Å². The second kappa shape index (κ2) is 6.62. The molecule has 1 aromatic carbocycles. The van der Waals surface area contributed by atoms with Crippen molar-refractivity contribution in [3.63, 3.8) is 0 Å². The van der Waals surface area contributed by atoms with Gasteiger partial charge in [0.2, 0.25) is 0 Å². The highest BCUT2D eigenvalue weighted by Gasteiger charge is 2.14. The number of halogens is 1. The van der Waals surface area contributed by atoms with Crippen LogP contribution in [0, 0.1) is 0 Å². The van der Waals surface area contributed by atoms with Crippen molar-refractivity contribution in [1.29, 1.82) is 0 Å². The van der Waals surface area contributed by atoms with E-state index in [0.29, 0.717) is 18.8 Å². The standard InChI is InChI=1S/C13H16BrN5O/c1-9(10-3-2-4-11(14)7-10)16-13(20)12-8-19(6-5-15)18-17-12/h2-4,7-9H,5-6,15H2,1H3,(H,16,20)/t9-/m0/s1. The number of nitrogens with one attached hydrogen (secondary N) is 1.